The fourth-order valence-electron chi connectivity index (χ4n) is 3.85. The molecule has 0 aliphatic carbocycles. The Labute approximate surface area is 210 Å². The van der Waals surface area contributed by atoms with E-state index in [1.54, 1.807) is 19.1 Å². The summed E-state index contributed by atoms with van der Waals surface area (Å²) in [7, 11) is 0. The Kier molecular flexibility index (Phi) is 10.00. The number of cyclic esters (lactones) is 1. The molecule has 1 aliphatic heterocycles. The van der Waals surface area contributed by atoms with Crippen molar-refractivity contribution >= 4 is 40.2 Å². The maximum absolute atomic E-state index is 13.1. The molecule has 0 radical (unpaired) electrons. The van der Waals surface area contributed by atoms with E-state index in [4.69, 9.17) is 4.74 Å². The molecule has 9 heteroatoms. The smallest absolute Gasteiger partial charge is 0.305 e. The van der Waals surface area contributed by atoms with Gasteiger partial charge >= 0.3 is 5.97 Å². The molecular weight excluding hydrogens is 462 g/mol. The first kappa shape index (κ1) is 26.9. The summed E-state index contributed by atoms with van der Waals surface area (Å²) in [6.07, 6.45) is 5.25. The van der Waals surface area contributed by atoms with Crippen LogP contribution in [-0.2, 0) is 23.9 Å². The van der Waals surface area contributed by atoms with Crippen molar-refractivity contribution in [3.8, 4) is 0 Å². The van der Waals surface area contributed by atoms with Crippen molar-refractivity contribution < 1.29 is 29.0 Å². The highest BCUT2D eigenvalue weighted by Gasteiger charge is 2.28. The lowest BCUT2D eigenvalue weighted by molar-refractivity contribution is -0.146. The number of esters is 1. The number of allylic oxidation sites excluding steroid dienone is 2. The predicted octanol–water partition coefficient (Wildman–Crippen LogP) is 2.44. The number of rotatable bonds is 6. The highest BCUT2D eigenvalue weighted by atomic mass is 16.5. The zero-order valence-corrected chi connectivity index (χ0v) is 20.4. The zero-order chi connectivity index (χ0) is 25.9. The SMILES string of the molecule is CC(CO)NC(=O)CC1CC=CCCCC(=O)OCC(C(=O)Nc2ccc3ccccc3c2)NC1=O. The van der Waals surface area contributed by atoms with Gasteiger partial charge in [0.05, 0.1) is 12.5 Å². The standard InChI is InChI=1S/C27H33N3O6/c1-18(16-31)28-24(32)15-21-10-4-2-3-5-11-25(33)36-17-23(30-26(21)34)27(35)29-22-13-12-19-8-6-7-9-20(19)14-22/h2,4,6-9,12-14,18,21,23,31H,3,5,10-11,15-17H2,1H3,(H,28,32)(H,29,35)(H,30,34). The minimum Gasteiger partial charge on any atom is -0.463 e. The van der Waals surface area contributed by atoms with Crippen LogP contribution in [0.3, 0.4) is 0 Å². The van der Waals surface area contributed by atoms with Gasteiger partial charge in [0, 0.05) is 24.6 Å². The van der Waals surface area contributed by atoms with Gasteiger partial charge in [-0.05, 0) is 49.1 Å². The quantitative estimate of drug-likeness (QED) is 0.359. The highest BCUT2D eigenvalue weighted by Crippen LogP contribution is 2.19. The summed E-state index contributed by atoms with van der Waals surface area (Å²) in [4.78, 5) is 50.8. The number of nitrogens with one attached hydrogen (secondary N) is 3. The average molecular weight is 496 g/mol. The number of ether oxygens (including phenoxy) is 1. The minimum absolute atomic E-state index is 0.112. The number of amides is 3. The number of benzene rings is 2. The van der Waals surface area contributed by atoms with Crippen molar-refractivity contribution in [1.29, 1.82) is 0 Å². The van der Waals surface area contributed by atoms with Gasteiger partial charge in [-0.15, -0.1) is 0 Å². The highest BCUT2D eigenvalue weighted by molar-refractivity contribution is 5.99. The third kappa shape index (κ3) is 8.20. The van der Waals surface area contributed by atoms with Gasteiger partial charge in [-0.1, -0.05) is 42.5 Å². The summed E-state index contributed by atoms with van der Waals surface area (Å²) >= 11 is 0. The molecule has 0 aromatic heterocycles. The second-order valence-electron chi connectivity index (χ2n) is 8.95. The number of aliphatic hydroxyl groups is 1. The van der Waals surface area contributed by atoms with Crippen molar-refractivity contribution in [2.45, 2.75) is 51.1 Å². The Morgan fingerprint density at radius 3 is 2.69 bits per heavy atom. The number of aliphatic hydroxyl groups excluding tert-OH is 1. The van der Waals surface area contributed by atoms with Crippen LogP contribution in [0.1, 0.15) is 39.0 Å². The van der Waals surface area contributed by atoms with Crippen LogP contribution < -0.4 is 16.0 Å². The van der Waals surface area contributed by atoms with Crippen LogP contribution in [0.4, 0.5) is 5.69 Å². The fourth-order valence-corrected chi connectivity index (χ4v) is 3.85. The summed E-state index contributed by atoms with van der Waals surface area (Å²) in [6.45, 7) is 1.12. The van der Waals surface area contributed by atoms with Gasteiger partial charge < -0.3 is 25.8 Å². The van der Waals surface area contributed by atoms with E-state index in [0.29, 0.717) is 24.9 Å². The summed E-state index contributed by atoms with van der Waals surface area (Å²) in [5, 5.41) is 19.2. The van der Waals surface area contributed by atoms with E-state index < -0.39 is 35.8 Å². The molecule has 3 amide bonds. The molecule has 1 heterocycles. The van der Waals surface area contributed by atoms with Crippen molar-refractivity contribution in [2.75, 3.05) is 18.5 Å². The van der Waals surface area contributed by atoms with E-state index in [9.17, 15) is 24.3 Å². The van der Waals surface area contributed by atoms with Crippen molar-refractivity contribution in [2.24, 2.45) is 5.92 Å². The lowest BCUT2D eigenvalue weighted by Gasteiger charge is -2.22. The molecule has 1 aliphatic rings. The average Bonchev–Trinajstić information content (AvgIpc) is 2.88. The molecule has 0 spiro atoms. The van der Waals surface area contributed by atoms with Gasteiger partial charge in [0.2, 0.25) is 11.8 Å². The molecule has 9 nitrogen and oxygen atoms in total. The molecule has 0 fully saturated rings. The van der Waals surface area contributed by atoms with Crippen LogP contribution in [0.15, 0.2) is 54.6 Å². The molecule has 3 atom stereocenters. The summed E-state index contributed by atoms with van der Waals surface area (Å²) in [5.74, 6) is -2.60. The first-order chi connectivity index (χ1) is 17.4. The van der Waals surface area contributed by atoms with E-state index in [-0.39, 0.29) is 32.0 Å². The predicted molar refractivity (Wildman–Crippen MR) is 136 cm³/mol. The number of hydrogen-bond acceptors (Lipinski definition) is 6. The molecule has 0 saturated heterocycles. The van der Waals surface area contributed by atoms with Crippen LogP contribution in [0.5, 0.6) is 0 Å². The topological polar surface area (TPSA) is 134 Å². The van der Waals surface area contributed by atoms with E-state index in [1.807, 2.05) is 42.5 Å². The fraction of sp³-hybridized carbons (Fsp3) is 0.407. The molecule has 0 bridgehead atoms. The molecular formula is C27H33N3O6. The molecule has 3 rings (SSSR count). The number of carbonyl (C=O) groups excluding carboxylic acids is 4. The first-order valence-corrected chi connectivity index (χ1v) is 12.2. The third-order valence-electron chi connectivity index (χ3n) is 5.88. The van der Waals surface area contributed by atoms with Crippen molar-refractivity contribution in [3.05, 3.63) is 54.6 Å². The second kappa shape index (κ2) is 13.4. The van der Waals surface area contributed by atoms with Gasteiger partial charge in [-0.25, -0.2) is 0 Å². The number of hydrogen-bond donors (Lipinski definition) is 4. The number of anilines is 1. The normalized spacial score (nSPS) is 20.2. The molecule has 0 saturated carbocycles. The van der Waals surface area contributed by atoms with E-state index in [0.717, 1.165) is 10.8 Å². The Morgan fingerprint density at radius 2 is 1.92 bits per heavy atom. The van der Waals surface area contributed by atoms with Crippen LogP contribution in [0, 0.1) is 5.92 Å². The van der Waals surface area contributed by atoms with Crippen molar-refractivity contribution in [3.63, 3.8) is 0 Å². The largest absolute Gasteiger partial charge is 0.463 e. The molecule has 2 aromatic carbocycles. The first-order valence-electron chi connectivity index (χ1n) is 12.2. The Hall–Kier alpha value is -3.72. The van der Waals surface area contributed by atoms with Crippen LogP contribution >= 0.6 is 0 Å². The van der Waals surface area contributed by atoms with Gasteiger partial charge in [-0.2, -0.15) is 0 Å². The Bertz CT molecular complexity index is 1120. The van der Waals surface area contributed by atoms with Crippen molar-refractivity contribution in [1.82, 2.24) is 10.6 Å². The maximum atomic E-state index is 13.1. The molecule has 192 valence electrons. The Morgan fingerprint density at radius 1 is 1.14 bits per heavy atom. The summed E-state index contributed by atoms with van der Waals surface area (Å²) < 4.78 is 5.28. The Balaban J connectivity index is 1.76. The van der Waals surface area contributed by atoms with Crippen LogP contribution in [0.25, 0.3) is 10.8 Å². The molecule has 36 heavy (non-hydrogen) atoms. The summed E-state index contributed by atoms with van der Waals surface area (Å²) in [6, 6.07) is 11.6. The van der Waals surface area contributed by atoms with Crippen LogP contribution in [0.2, 0.25) is 0 Å². The van der Waals surface area contributed by atoms with Gasteiger partial charge in [-0.3, -0.25) is 19.2 Å². The molecule has 4 N–H and O–H groups in total. The molecule has 3 unspecified atom stereocenters. The monoisotopic (exact) mass is 495 g/mol. The number of carbonyl (C=O) groups is 4. The van der Waals surface area contributed by atoms with Gasteiger partial charge in [0.25, 0.3) is 5.91 Å². The minimum atomic E-state index is -1.14. The summed E-state index contributed by atoms with van der Waals surface area (Å²) in [5.41, 5.74) is 0.541. The lowest BCUT2D eigenvalue weighted by atomic mass is 9.98. The van der Waals surface area contributed by atoms with E-state index in [1.165, 1.54) is 0 Å². The zero-order valence-electron chi connectivity index (χ0n) is 20.4. The lowest BCUT2D eigenvalue weighted by Crippen LogP contribution is -2.49. The van der Waals surface area contributed by atoms with Gasteiger partial charge in [0.1, 0.15) is 12.6 Å². The van der Waals surface area contributed by atoms with Gasteiger partial charge in [0.15, 0.2) is 0 Å². The van der Waals surface area contributed by atoms with E-state index >= 15 is 0 Å². The molecule has 2 aromatic rings. The number of fused-ring (bicyclic) bond motifs is 1. The van der Waals surface area contributed by atoms with E-state index in [2.05, 4.69) is 16.0 Å². The van der Waals surface area contributed by atoms with Crippen LogP contribution in [-0.4, -0.2) is 54.1 Å². The maximum Gasteiger partial charge on any atom is 0.305 e. The second-order valence-corrected chi connectivity index (χ2v) is 8.95. The third-order valence-corrected chi connectivity index (χ3v) is 5.88.